The highest BCUT2D eigenvalue weighted by molar-refractivity contribution is 5.85. The lowest BCUT2D eigenvalue weighted by atomic mass is 10.1. The Kier molecular flexibility index (Phi) is 7.52. The second-order valence-electron chi connectivity index (χ2n) is 4.48. The van der Waals surface area contributed by atoms with Gasteiger partial charge in [0, 0.05) is 12.5 Å². The highest BCUT2D eigenvalue weighted by atomic mass is 35.5. The number of ether oxygens (including phenoxy) is 1. The molecular formula is C13H18ClF3N2O2. The summed E-state index contributed by atoms with van der Waals surface area (Å²) in [6.45, 7) is 3.67. The van der Waals surface area contributed by atoms with E-state index in [-0.39, 0.29) is 42.6 Å². The third kappa shape index (κ3) is 6.68. The molecule has 1 rings (SSSR count). The van der Waals surface area contributed by atoms with Crippen molar-refractivity contribution in [3.05, 3.63) is 29.8 Å². The number of alkyl halides is 3. The summed E-state index contributed by atoms with van der Waals surface area (Å²) >= 11 is 0. The first-order valence-corrected chi connectivity index (χ1v) is 6.09. The topological polar surface area (TPSA) is 64.4 Å². The van der Waals surface area contributed by atoms with E-state index in [4.69, 9.17) is 5.73 Å². The van der Waals surface area contributed by atoms with Crippen LogP contribution in [0.5, 0.6) is 5.75 Å². The Balaban J connectivity index is 0.00000400. The molecule has 3 N–H and O–H groups in total. The molecule has 21 heavy (non-hydrogen) atoms. The number of hydrogen-bond acceptors (Lipinski definition) is 3. The van der Waals surface area contributed by atoms with Crippen LogP contribution in [0.2, 0.25) is 0 Å². The van der Waals surface area contributed by atoms with Crippen molar-refractivity contribution in [1.82, 2.24) is 5.32 Å². The van der Waals surface area contributed by atoms with E-state index in [1.54, 1.807) is 13.8 Å². The number of nitrogens with one attached hydrogen (secondary N) is 1. The Morgan fingerprint density at radius 2 is 1.81 bits per heavy atom. The predicted molar refractivity (Wildman–Crippen MR) is 75.1 cm³/mol. The van der Waals surface area contributed by atoms with Crippen molar-refractivity contribution in [2.75, 3.05) is 6.54 Å². The number of carbonyl (C=O) groups excluding carboxylic acids is 1. The Hall–Kier alpha value is -1.47. The first-order valence-electron chi connectivity index (χ1n) is 6.09. The molecule has 0 saturated heterocycles. The van der Waals surface area contributed by atoms with E-state index >= 15 is 0 Å². The van der Waals surface area contributed by atoms with Crippen LogP contribution in [0.1, 0.15) is 25.5 Å². The standard InChI is InChI=1S/C13H17F3N2O2.ClH/c1-8(7-17)12(19)18-9(2)10-3-5-11(6-4-10)20-13(14,15)16;/h3-6,8-9H,7,17H2,1-2H3,(H,18,19);1H. The maximum atomic E-state index is 12.0. The molecule has 0 bridgehead atoms. The van der Waals surface area contributed by atoms with Gasteiger partial charge in [0.05, 0.1) is 6.04 Å². The summed E-state index contributed by atoms with van der Waals surface area (Å²) in [6.07, 6.45) is -4.71. The van der Waals surface area contributed by atoms with Gasteiger partial charge in [-0.3, -0.25) is 4.79 Å². The van der Waals surface area contributed by atoms with Crippen LogP contribution in [-0.2, 0) is 4.79 Å². The molecule has 4 nitrogen and oxygen atoms in total. The zero-order chi connectivity index (χ0) is 15.3. The largest absolute Gasteiger partial charge is 0.573 e. The van der Waals surface area contributed by atoms with Crippen molar-refractivity contribution >= 4 is 18.3 Å². The number of amides is 1. The zero-order valence-corrected chi connectivity index (χ0v) is 12.4. The summed E-state index contributed by atoms with van der Waals surface area (Å²) in [5.41, 5.74) is 6.06. The fourth-order valence-corrected chi connectivity index (χ4v) is 1.50. The minimum Gasteiger partial charge on any atom is -0.406 e. The number of rotatable bonds is 5. The number of nitrogens with two attached hydrogens (primary N) is 1. The van der Waals surface area contributed by atoms with Crippen LogP contribution < -0.4 is 15.8 Å². The summed E-state index contributed by atoms with van der Waals surface area (Å²) in [4.78, 5) is 11.6. The average molecular weight is 327 g/mol. The van der Waals surface area contributed by atoms with Gasteiger partial charge in [-0.1, -0.05) is 19.1 Å². The highest BCUT2D eigenvalue weighted by Crippen LogP contribution is 2.24. The number of carbonyl (C=O) groups is 1. The van der Waals surface area contributed by atoms with Gasteiger partial charge in [-0.25, -0.2) is 0 Å². The van der Waals surface area contributed by atoms with Crippen LogP contribution in [0.3, 0.4) is 0 Å². The smallest absolute Gasteiger partial charge is 0.406 e. The van der Waals surface area contributed by atoms with Crippen molar-refractivity contribution in [3.8, 4) is 5.75 Å². The number of hydrogen-bond donors (Lipinski definition) is 2. The molecule has 0 saturated carbocycles. The molecular weight excluding hydrogens is 309 g/mol. The zero-order valence-electron chi connectivity index (χ0n) is 11.6. The number of halogens is 4. The van der Waals surface area contributed by atoms with E-state index in [0.29, 0.717) is 5.56 Å². The van der Waals surface area contributed by atoms with Crippen molar-refractivity contribution in [2.24, 2.45) is 11.7 Å². The molecule has 120 valence electrons. The molecule has 1 aromatic rings. The molecule has 0 aliphatic heterocycles. The third-order valence-electron chi connectivity index (χ3n) is 2.77. The van der Waals surface area contributed by atoms with E-state index < -0.39 is 6.36 Å². The first-order chi connectivity index (χ1) is 9.23. The van der Waals surface area contributed by atoms with Crippen molar-refractivity contribution in [1.29, 1.82) is 0 Å². The molecule has 0 aromatic heterocycles. The molecule has 1 aromatic carbocycles. The van der Waals surface area contributed by atoms with Gasteiger partial charge >= 0.3 is 6.36 Å². The monoisotopic (exact) mass is 326 g/mol. The Bertz CT molecular complexity index is 452. The minimum atomic E-state index is -4.71. The summed E-state index contributed by atoms with van der Waals surface area (Å²) in [5, 5.41) is 2.73. The molecule has 0 heterocycles. The Labute approximate surface area is 127 Å². The molecule has 0 aliphatic carbocycles. The van der Waals surface area contributed by atoms with Gasteiger partial charge in [0.1, 0.15) is 5.75 Å². The quantitative estimate of drug-likeness (QED) is 0.874. The van der Waals surface area contributed by atoms with Gasteiger partial charge in [-0.2, -0.15) is 0 Å². The molecule has 0 spiro atoms. The lowest BCUT2D eigenvalue weighted by Gasteiger charge is -2.17. The van der Waals surface area contributed by atoms with E-state index in [2.05, 4.69) is 10.1 Å². The maximum absolute atomic E-state index is 12.0. The maximum Gasteiger partial charge on any atom is 0.573 e. The van der Waals surface area contributed by atoms with Crippen LogP contribution >= 0.6 is 12.4 Å². The SMILES string of the molecule is CC(CN)C(=O)NC(C)c1ccc(OC(F)(F)F)cc1.Cl. The van der Waals surface area contributed by atoms with E-state index in [9.17, 15) is 18.0 Å². The van der Waals surface area contributed by atoms with Gasteiger partial charge in [-0.15, -0.1) is 25.6 Å². The van der Waals surface area contributed by atoms with Crippen LogP contribution in [0.4, 0.5) is 13.2 Å². The highest BCUT2D eigenvalue weighted by Gasteiger charge is 2.31. The predicted octanol–water partition coefficient (Wildman–Crippen LogP) is 2.78. The second-order valence-corrected chi connectivity index (χ2v) is 4.48. The third-order valence-corrected chi connectivity index (χ3v) is 2.77. The van der Waals surface area contributed by atoms with E-state index in [0.717, 1.165) is 0 Å². The second kappa shape index (κ2) is 8.09. The lowest BCUT2D eigenvalue weighted by Crippen LogP contribution is -2.34. The summed E-state index contributed by atoms with van der Waals surface area (Å²) < 4.78 is 39.8. The molecule has 1 amide bonds. The van der Waals surface area contributed by atoms with Crippen LogP contribution in [0.25, 0.3) is 0 Å². The summed E-state index contributed by atoms with van der Waals surface area (Å²) in [7, 11) is 0. The fourth-order valence-electron chi connectivity index (χ4n) is 1.50. The molecule has 0 aliphatic rings. The van der Waals surface area contributed by atoms with Crippen LogP contribution in [-0.4, -0.2) is 18.8 Å². The number of benzene rings is 1. The van der Waals surface area contributed by atoms with Crippen molar-refractivity contribution in [3.63, 3.8) is 0 Å². The van der Waals surface area contributed by atoms with Gasteiger partial charge < -0.3 is 15.8 Å². The average Bonchev–Trinajstić information content (AvgIpc) is 2.36. The van der Waals surface area contributed by atoms with Crippen molar-refractivity contribution < 1.29 is 22.7 Å². The first kappa shape index (κ1) is 19.5. The molecule has 2 unspecified atom stereocenters. The summed E-state index contributed by atoms with van der Waals surface area (Å²) in [6, 6.07) is 5.03. The Morgan fingerprint density at radius 1 is 1.29 bits per heavy atom. The van der Waals surface area contributed by atoms with E-state index in [1.165, 1.54) is 24.3 Å². The van der Waals surface area contributed by atoms with Gasteiger partial charge in [0.2, 0.25) is 5.91 Å². The Morgan fingerprint density at radius 3 is 2.24 bits per heavy atom. The summed E-state index contributed by atoms with van der Waals surface area (Å²) in [5.74, 6) is -0.809. The fraction of sp³-hybridized carbons (Fsp3) is 0.462. The van der Waals surface area contributed by atoms with Crippen molar-refractivity contribution in [2.45, 2.75) is 26.3 Å². The molecule has 0 fully saturated rings. The normalized spacial score (nSPS) is 13.8. The van der Waals surface area contributed by atoms with Gasteiger partial charge in [0.15, 0.2) is 0 Å². The minimum absolute atomic E-state index is 0. The molecule has 8 heteroatoms. The lowest BCUT2D eigenvalue weighted by molar-refractivity contribution is -0.274. The molecule has 0 radical (unpaired) electrons. The van der Waals surface area contributed by atoms with E-state index in [1.807, 2.05) is 0 Å². The van der Waals surface area contributed by atoms with Gasteiger partial charge in [-0.05, 0) is 24.6 Å². The van der Waals surface area contributed by atoms with Gasteiger partial charge in [0.25, 0.3) is 0 Å². The molecule has 2 atom stereocenters. The van der Waals surface area contributed by atoms with Crippen LogP contribution in [0.15, 0.2) is 24.3 Å². The van der Waals surface area contributed by atoms with Crippen LogP contribution in [0, 0.1) is 5.92 Å².